The van der Waals surface area contributed by atoms with Gasteiger partial charge < -0.3 is 9.64 Å². The van der Waals surface area contributed by atoms with Gasteiger partial charge in [0.1, 0.15) is 5.75 Å². The summed E-state index contributed by atoms with van der Waals surface area (Å²) in [6.07, 6.45) is 9.38. The smallest absolute Gasteiger partial charge is 0.119 e. The Hall–Kier alpha value is -1.74. The predicted molar refractivity (Wildman–Crippen MR) is 118 cm³/mol. The number of unbranched alkanes of at least 4 members (excludes halogenated alkanes) is 1. The molecule has 27 heavy (non-hydrogen) atoms. The summed E-state index contributed by atoms with van der Waals surface area (Å²) in [6, 6.07) is 6.61. The first-order valence-corrected chi connectivity index (χ1v) is 10.5. The quantitative estimate of drug-likeness (QED) is 0.448. The molecule has 0 N–H and O–H groups in total. The van der Waals surface area contributed by atoms with Crippen LogP contribution in [0.1, 0.15) is 58.9 Å². The highest BCUT2D eigenvalue weighted by Gasteiger charge is 2.53. The maximum Gasteiger partial charge on any atom is 0.119 e. The standard InChI is InChI=1S/C22H32N2O.C2H6/c1-6-8-9-10-17(7-2)16-24-20-12-11-18(25-5)15-19(20)22(3)13-14-23(4)21(22)24;1-2/h6-7,11-12,15,21H,1,8-10,13-14,16H2,2-5H3;1-2H3/b17-7+;/t21?,22-;/m1./s1. The van der Waals surface area contributed by atoms with Gasteiger partial charge in [-0.05, 0) is 63.4 Å². The monoisotopic (exact) mass is 370 g/mol. The van der Waals surface area contributed by atoms with Crippen molar-refractivity contribution in [3.05, 3.63) is 48.1 Å². The Kier molecular flexibility index (Phi) is 7.55. The predicted octanol–water partition coefficient (Wildman–Crippen LogP) is 5.76. The molecule has 3 nitrogen and oxygen atoms in total. The van der Waals surface area contributed by atoms with Gasteiger partial charge in [-0.15, -0.1) is 6.58 Å². The summed E-state index contributed by atoms with van der Waals surface area (Å²) in [7, 11) is 4.02. The summed E-state index contributed by atoms with van der Waals surface area (Å²) in [6.45, 7) is 14.6. The van der Waals surface area contributed by atoms with Crippen LogP contribution < -0.4 is 9.64 Å². The molecule has 0 aliphatic carbocycles. The molecule has 3 rings (SSSR count). The van der Waals surface area contributed by atoms with Crippen LogP contribution in [0.2, 0.25) is 0 Å². The van der Waals surface area contributed by atoms with Crippen molar-refractivity contribution in [2.45, 2.75) is 65.0 Å². The van der Waals surface area contributed by atoms with Gasteiger partial charge in [-0.1, -0.05) is 38.5 Å². The van der Waals surface area contributed by atoms with Crippen molar-refractivity contribution >= 4 is 5.69 Å². The van der Waals surface area contributed by atoms with Crippen LogP contribution in [0.4, 0.5) is 5.69 Å². The Bertz CT molecular complexity index is 666. The van der Waals surface area contributed by atoms with Gasteiger partial charge in [-0.3, -0.25) is 4.90 Å². The Morgan fingerprint density at radius 1 is 1.37 bits per heavy atom. The summed E-state index contributed by atoms with van der Waals surface area (Å²) in [4.78, 5) is 5.13. The zero-order chi connectivity index (χ0) is 20.0. The van der Waals surface area contributed by atoms with Crippen molar-refractivity contribution in [1.82, 2.24) is 4.90 Å². The summed E-state index contributed by atoms with van der Waals surface area (Å²) >= 11 is 0. The summed E-state index contributed by atoms with van der Waals surface area (Å²) in [5.74, 6) is 0.965. The van der Waals surface area contributed by atoms with Crippen LogP contribution >= 0.6 is 0 Å². The molecule has 3 heteroatoms. The number of hydrogen-bond acceptors (Lipinski definition) is 3. The van der Waals surface area contributed by atoms with Crippen molar-refractivity contribution in [3.8, 4) is 5.75 Å². The average molecular weight is 371 g/mol. The van der Waals surface area contributed by atoms with Crippen LogP contribution in [0.5, 0.6) is 5.75 Å². The summed E-state index contributed by atoms with van der Waals surface area (Å²) in [5.41, 5.74) is 4.53. The zero-order valence-electron chi connectivity index (χ0n) is 18.2. The van der Waals surface area contributed by atoms with E-state index in [0.717, 1.165) is 31.7 Å². The Balaban J connectivity index is 0.00000126. The Labute approximate surface area is 166 Å². The van der Waals surface area contributed by atoms with Crippen LogP contribution in [0.25, 0.3) is 0 Å². The number of ether oxygens (including phenoxy) is 1. The van der Waals surface area contributed by atoms with Gasteiger partial charge in [-0.2, -0.15) is 0 Å². The van der Waals surface area contributed by atoms with E-state index in [4.69, 9.17) is 4.74 Å². The number of fused-ring (bicyclic) bond motifs is 3. The number of methoxy groups -OCH3 is 1. The van der Waals surface area contributed by atoms with E-state index in [2.05, 4.69) is 61.5 Å². The fourth-order valence-electron chi connectivity index (χ4n) is 4.66. The van der Waals surface area contributed by atoms with Crippen LogP contribution in [0, 0.1) is 0 Å². The van der Waals surface area contributed by atoms with Crippen molar-refractivity contribution in [2.24, 2.45) is 0 Å². The molecule has 1 aromatic rings. The Morgan fingerprint density at radius 3 is 2.74 bits per heavy atom. The molecule has 0 aromatic heterocycles. The number of rotatable bonds is 7. The molecule has 1 fully saturated rings. The largest absolute Gasteiger partial charge is 0.497 e. The third kappa shape index (κ3) is 4.08. The molecule has 2 aliphatic heterocycles. The fraction of sp³-hybridized carbons (Fsp3) is 0.583. The number of hydrogen-bond donors (Lipinski definition) is 0. The Morgan fingerprint density at radius 2 is 2.11 bits per heavy atom. The van der Waals surface area contributed by atoms with Crippen LogP contribution in [-0.2, 0) is 5.41 Å². The highest BCUT2D eigenvalue weighted by molar-refractivity contribution is 5.67. The molecule has 0 radical (unpaired) electrons. The van der Waals surface area contributed by atoms with E-state index in [1.807, 2.05) is 19.9 Å². The van der Waals surface area contributed by atoms with E-state index >= 15 is 0 Å². The summed E-state index contributed by atoms with van der Waals surface area (Å²) in [5, 5.41) is 0. The highest BCUT2D eigenvalue weighted by Crippen LogP contribution is 2.52. The van der Waals surface area contributed by atoms with E-state index < -0.39 is 0 Å². The van der Waals surface area contributed by atoms with E-state index in [0.29, 0.717) is 6.17 Å². The van der Waals surface area contributed by atoms with E-state index in [-0.39, 0.29) is 5.41 Å². The second-order valence-electron chi connectivity index (χ2n) is 7.66. The van der Waals surface area contributed by atoms with Gasteiger partial charge in [0.05, 0.1) is 13.3 Å². The normalized spacial score (nSPS) is 24.1. The third-order valence-electron chi connectivity index (χ3n) is 6.08. The van der Waals surface area contributed by atoms with Crippen LogP contribution in [0.15, 0.2) is 42.5 Å². The molecular formula is C24H38N2O. The SMILES string of the molecule is C=CCCC/C(=C\C)CN1c2ccc(OC)cc2[C@@]2(C)CCN(C)C12.CC. The molecule has 0 bridgehead atoms. The van der Waals surface area contributed by atoms with Gasteiger partial charge in [0.2, 0.25) is 0 Å². The lowest BCUT2D eigenvalue weighted by Crippen LogP contribution is -2.48. The minimum atomic E-state index is 0.179. The van der Waals surface area contributed by atoms with Crippen molar-refractivity contribution in [1.29, 1.82) is 0 Å². The molecule has 2 aliphatic rings. The minimum Gasteiger partial charge on any atom is -0.497 e. The summed E-state index contributed by atoms with van der Waals surface area (Å²) < 4.78 is 5.51. The van der Waals surface area contributed by atoms with Crippen molar-refractivity contribution < 1.29 is 4.74 Å². The lowest BCUT2D eigenvalue weighted by Gasteiger charge is -2.36. The number of nitrogens with zero attached hydrogens (tertiary/aromatic N) is 2. The maximum absolute atomic E-state index is 5.51. The van der Waals surface area contributed by atoms with Crippen molar-refractivity contribution in [3.63, 3.8) is 0 Å². The maximum atomic E-state index is 5.51. The minimum absolute atomic E-state index is 0.179. The van der Waals surface area contributed by atoms with Gasteiger partial charge in [0, 0.05) is 24.2 Å². The van der Waals surface area contributed by atoms with Gasteiger partial charge in [0.15, 0.2) is 0 Å². The van der Waals surface area contributed by atoms with E-state index in [9.17, 15) is 0 Å². The first-order chi connectivity index (χ1) is 13.0. The van der Waals surface area contributed by atoms with Gasteiger partial charge in [-0.25, -0.2) is 0 Å². The van der Waals surface area contributed by atoms with Crippen LogP contribution in [0.3, 0.4) is 0 Å². The first-order valence-electron chi connectivity index (χ1n) is 10.5. The average Bonchev–Trinajstić information content (AvgIpc) is 3.13. The third-order valence-corrected chi connectivity index (χ3v) is 6.08. The number of benzene rings is 1. The number of anilines is 1. The molecule has 1 unspecified atom stereocenters. The molecule has 2 heterocycles. The topological polar surface area (TPSA) is 15.7 Å². The zero-order valence-corrected chi connectivity index (χ0v) is 18.2. The molecule has 0 spiro atoms. The first kappa shape index (κ1) is 21.6. The molecule has 0 saturated carbocycles. The molecule has 0 amide bonds. The highest BCUT2D eigenvalue weighted by atomic mass is 16.5. The number of likely N-dealkylation sites (tertiary alicyclic amines) is 1. The van der Waals surface area contributed by atoms with Gasteiger partial charge in [0.25, 0.3) is 0 Å². The second kappa shape index (κ2) is 9.45. The van der Waals surface area contributed by atoms with Crippen LogP contribution in [-0.4, -0.2) is 38.3 Å². The van der Waals surface area contributed by atoms with Gasteiger partial charge >= 0.3 is 0 Å². The number of allylic oxidation sites excluding steroid dienone is 2. The number of likely N-dealkylation sites (N-methyl/N-ethyl adjacent to an activating group) is 1. The fourth-order valence-corrected chi connectivity index (χ4v) is 4.66. The lowest BCUT2D eigenvalue weighted by atomic mass is 9.81. The van der Waals surface area contributed by atoms with E-state index in [1.165, 1.54) is 29.7 Å². The molecule has 1 aromatic carbocycles. The van der Waals surface area contributed by atoms with Crippen molar-refractivity contribution in [2.75, 3.05) is 32.1 Å². The molecule has 1 saturated heterocycles. The molecular weight excluding hydrogens is 332 g/mol. The molecule has 2 atom stereocenters. The lowest BCUT2D eigenvalue weighted by molar-refractivity contribution is 0.263. The van der Waals surface area contributed by atoms with E-state index in [1.54, 1.807) is 7.11 Å². The second-order valence-corrected chi connectivity index (χ2v) is 7.66. The molecule has 150 valence electrons.